The average molecular weight is 316 g/mol. The average Bonchev–Trinajstić information content (AvgIpc) is 3.04. The van der Waals surface area contributed by atoms with Crippen LogP contribution in [0.2, 0.25) is 0 Å². The van der Waals surface area contributed by atoms with Gasteiger partial charge in [-0.05, 0) is 44.3 Å². The van der Waals surface area contributed by atoms with Crippen molar-refractivity contribution in [1.29, 1.82) is 5.26 Å². The fourth-order valence-corrected chi connectivity index (χ4v) is 3.66. The zero-order valence-corrected chi connectivity index (χ0v) is 13.6. The van der Waals surface area contributed by atoms with Crippen molar-refractivity contribution in [2.24, 2.45) is 5.41 Å². The summed E-state index contributed by atoms with van der Waals surface area (Å²) >= 11 is 0. The number of aliphatic hydroxyl groups excluding tert-OH is 1. The quantitative estimate of drug-likeness (QED) is 0.865. The molecule has 23 heavy (non-hydrogen) atoms. The highest BCUT2D eigenvalue weighted by Crippen LogP contribution is 2.37. The van der Waals surface area contributed by atoms with Crippen LogP contribution in [-0.2, 0) is 0 Å². The van der Waals surface area contributed by atoms with Gasteiger partial charge in [-0.15, -0.1) is 0 Å². The Morgan fingerprint density at radius 2 is 2.26 bits per heavy atom. The van der Waals surface area contributed by atoms with Gasteiger partial charge >= 0.3 is 0 Å². The van der Waals surface area contributed by atoms with Crippen LogP contribution in [-0.4, -0.2) is 54.8 Å². The first-order valence-corrected chi connectivity index (χ1v) is 8.21. The van der Waals surface area contributed by atoms with E-state index in [1.807, 2.05) is 6.07 Å². The van der Waals surface area contributed by atoms with Gasteiger partial charge in [-0.2, -0.15) is 5.26 Å². The first kappa shape index (κ1) is 16.2. The fourth-order valence-electron chi connectivity index (χ4n) is 3.66. The van der Waals surface area contributed by atoms with Crippen LogP contribution in [0.5, 0.6) is 5.75 Å². The van der Waals surface area contributed by atoms with Gasteiger partial charge in [-0.25, -0.2) is 0 Å². The summed E-state index contributed by atoms with van der Waals surface area (Å²) in [4.78, 5) is 6.51. The molecule has 2 aliphatic rings. The number of nitrogens with one attached hydrogen (secondary N) is 1. The Balaban J connectivity index is 1.59. The number of aliphatic hydroxyl groups is 1. The van der Waals surface area contributed by atoms with Crippen LogP contribution in [0.4, 0.5) is 0 Å². The maximum atomic E-state index is 10.5. The Morgan fingerprint density at radius 1 is 1.48 bits per heavy atom. The van der Waals surface area contributed by atoms with Crippen molar-refractivity contribution in [1.82, 2.24) is 15.2 Å². The minimum absolute atomic E-state index is 0.386. The van der Waals surface area contributed by atoms with Crippen molar-refractivity contribution in [3.63, 3.8) is 0 Å². The fraction of sp³-hybridized carbons (Fsp3) is 0.647. The molecule has 0 aromatic carbocycles. The maximum Gasteiger partial charge on any atom is 0.140 e. The third-order valence-electron chi connectivity index (χ3n) is 5.25. The lowest BCUT2D eigenvalue weighted by molar-refractivity contribution is 0.0627. The molecule has 0 radical (unpaired) electrons. The minimum Gasteiger partial charge on any atom is -0.495 e. The van der Waals surface area contributed by atoms with Gasteiger partial charge in [0.05, 0.1) is 12.8 Å². The van der Waals surface area contributed by atoms with Crippen LogP contribution in [0.15, 0.2) is 12.3 Å². The SMILES string of the molecule is COc1cc([C@@H](O)CN2CCC3(CCNC3)CC2)ncc1C#N. The zero-order chi connectivity index (χ0) is 16.3. The Bertz CT molecular complexity index is 583. The second-order valence-electron chi connectivity index (χ2n) is 6.66. The number of likely N-dealkylation sites (tertiary alicyclic amines) is 1. The lowest BCUT2D eigenvalue weighted by Gasteiger charge is -2.39. The molecule has 2 aliphatic heterocycles. The normalized spacial score (nSPS) is 22.0. The van der Waals surface area contributed by atoms with Crippen LogP contribution in [0, 0.1) is 16.7 Å². The number of ether oxygens (including phenoxy) is 1. The van der Waals surface area contributed by atoms with E-state index in [1.54, 1.807) is 6.07 Å². The molecule has 6 heteroatoms. The van der Waals surface area contributed by atoms with E-state index < -0.39 is 6.10 Å². The Hall–Kier alpha value is -1.68. The number of hydrogen-bond donors (Lipinski definition) is 2. The highest BCUT2D eigenvalue weighted by molar-refractivity contribution is 5.42. The molecule has 1 spiro atoms. The molecular weight excluding hydrogens is 292 g/mol. The van der Waals surface area contributed by atoms with E-state index in [1.165, 1.54) is 32.6 Å². The predicted molar refractivity (Wildman–Crippen MR) is 86.1 cm³/mol. The number of methoxy groups -OCH3 is 1. The molecule has 3 rings (SSSR count). The highest BCUT2D eigenvalue weighted by atomic mass is 16.5. The summed E-state index contributed by atoms with van der Waals surface area (Å²) in [6.45, 7) is 4.89. The molecule has 1 aromatic rings. The smallest absolute Gasteiger partial charge is 0.140 e. The van der Waals surface area contributed by atoms with Gasteiger partial charge in [-0.3, -0.25) is 4.98 Å². The first-order valence-electron chi connectivity index (χ1n) is 8.21. The van der Waals surface area contributed by atoms with Crippen molar-refractivity contribution in [2.45, 2.75) is 25.4 Å². The first-order chi connectivity index (χ1) is 11.2. The summed E-state index contributed by atoms with van der Waals surface area (Å²) in [5.74, 6) is 0.464. The predicted octanol–water partition coefficient (Wildman–Crippen LogP) is 1.07. The van der Waals surface area contributed by atoms with Gasteiger partial charge < -0.3 is 20.1 Å². The second kappa shape index (κ2) is 6.83. The Kier molecular flexibility index (Phi) is 4.81. The van der Waals surface area contributed by atoms with Gasteiger partial charge in [0.15, 0.2) is 0 Å². The number of rotatable bonds is 4. The summed E-state index contributed by atoms with van der Waals surface area (Å²) in [5.41, 5.74) is 1.43. The summed E-state index contributed by atoms with van der Waals surface area (Å²) in [5, 5.41) is 22.9. The van der Waals surface area contributed by atoms with E-state index >= 15 is 0 Å². The molecule has 3 heterocycles. The highest BCUT2D eigenvalue weighted by Gasteiger charge is 2.37. The van der Waals surface area contributed by atoms with E-state index in [0.717, 1.165) is 26.2 Å². The molecule has 0 saturated carbocycles. The van der Waals surface area contributed by atoms with Crippen molar-refractivity contribution in [3.8, 4) is 11.8 Å². The third-order valence-corrected chi connectivity index (χ3v) is 5.25. The third kappa shape index (κ3) is 3.47. The van der Waals surface area contributed by atoms with E-state index in [0.29, 0.717) is 29.0 Å². The second-order valence-corrected chi connectivity index (χ2v) is 6.66. The van der Waals surface area contributed by atoms with Crippen molar-refractivity contribution in [2.75, 3.05) is 39.8 Å². The van der Waals surface area contributed by atoms with Crippen LogP contribution in [0.25, 0.3) is 0 Å². The molecule has 6 nitrogen and oxygen atoms in total. The zero-order valence-electron chi connectivity index (χ0n) is 13.6. The molecule has 0 unspecified atom stereocenters. The minimum atomic E-state index is -0.660. The van der Waals surface area contributed by atoms with Gasteiger partial charge in [0.1, 0.15) is 23.5 Å². The summed E-state index contributed by atoms with van der Waals surface area (Å²) < 4.78 is 5.19. The maximum absolute atomic E-state index is 10.5. The molecule has 2 N–H and O–H groups in total. The summed E-state index contributed by atoms with van der Waals surface area (Å²) in [6.07, 6.45) is 4.46. The Labute approximate surface area is 137 Å². The molecular formula is C17H24N4O2. The molecule has 2 saturated heterocycles. The van der Waals surface area contributed by atoms with E-state index in [9.17, 15) is 5.11 Å². The lowest BCUT2D eigenvalue weighted by atomic mass is 9.78. The van der Waals surface area contributed by atoms with E-state index in [-0.39, 0.29) is 0 Å². The number of aromatic nitrogens is 1. The number of pyridine rings is 1. The topological polar surface area (TPSA) is 81.4 Å². The van der Waals surface area contributed by atoms with Gasteiger partial charge in [0.2, 0.25) is 0 Å². The van der Waals surface area contributed by atoms with E-state index in [2.05, 4.69) is 15.2 Å². The van der Waals surface area contributed by atoms with E-state index in [4.69, 9.17) is 10.00 Å². The lowest BCUT2D eigenvalue weighted by Crippen LogP contribution is -2.42. The van der Waals surface area contributed by atoms with Crippen LogP contribution in [0.3, 0.4) is 0 Å². The van der Waals surface area contributed by atoms with Gasteiger partial charge in [-0.1, -0.05) is 0 Å². The standard InChI is InChI=1S/C17H24N4O2/c1-23-16-8-14(20-10-13(16)9-18)15(22)11-21-6-3-17(4-7-21)2-5-19-12-17/h8,10,15,19,22H,2-7,11-12H2,1H3/t15-/m0/s1. The van der Waals surface area contributed by atoms with Crippen LogP contribution in [0.1, 0.15) is 36.6 Å². The number of piperidine rings is 1. The van der Waals surface area contributed by atoms with Crippen LogP contribution >= 0.6 is 0 Å². The molecule has 0 aliphatic carbocycles. The van der Waals surface area contributed by atoms with Crippen molar-refractivity contribution in [3.05, 3.63) is 23.5 Å². The number of nitriles is 1. The van der Waals surface area contributed by atoms with Crippen molar-refractivity contribution >= 4 is 0 Å². The largest absolute Gasteiger partial charge is 0.495 e. The number of hydrogen-bond acceptors (Lipinski definition) is 6. The van der Waals surface area contributed by atoms with Crippen molar-refractivity contribution < 1.29 is 9.84 Å². The molecule has 1 atom stereocenters. The molecule has 2 fully saturated rings. The number of nitrogens with zero attached hydrogens (tertiary/aromatic N) is 3. The van der Waals surface area contributed by atoms with Crippen LogP contribution < -0.4 is 10.1 Å². The monoisotopic (exact) mass is 316 g/mol. The number of β-amino-alcohol motifs (C(OH)–C–C–N with tert-alkyl or cyclic N) is 1. The summed E-state index contributed by atoms with van der Waals surface area (Å²) in [7, 11) is 1.52. The molecule has 0 amide bonds. The van der Waals surface area contributed by atoms with Gasteiger partial charge in [0.25, 0.3) is 0 Å². The molecule has 124 valence electrons. The van der Waals surface area contributed by atoms with Gasteiger partial charge in [0, 0.05) is 25.4 Å². The molecule has 0 bridgehead atoms. The molecule has 1 aromatic heterocycles. The summed E-state index contributed by atoms with van der Waals surface area (Å²) in [6, 6.07) is 3.70. The Morgan fingerprint density at radius 3 is 2.87 bits per heavy atom.